The smallest absolute Gasteiger partial charge is 0.338 e. The number of hydrogen-bond donors (Lipinski definition) is 1. The molecule has 9 heteroatoms. The molecular weight excluding hydrogens is 324 g/mol. The minimum absolute atomic E-state index is 0.0731. The minimum atomic E-state index is -3.77. The molecule has 8 nitrogen and oxygen atoms in total. The van der Waals surface area contributed by atoms with Gasteiger partial charge >= 0.3 is 5.97 Å². The molecule has 0 atom stereocenters. The van der Waals surface area contributed by atoms with Gasteiger partial charge in [0.25, 0.3) is 0 Å². The fourth-order valence-electron chi connectivity index (χ4n) is 1.83. The number of carbonyl (C=O) groups excluding carboxylic acids is 1. The van der Waals surface area contributed by atoms with E-state index >= 15 is 0 Å². The largest absolute Gasteiger partial charge is 0.495 e. The Morgan fingerprint density at radius 2 is 2.09 bits per heavy atom. The van der Waals surface area contributed by atoms with Gasteiger partial charge in [-0.05, 0) is 32.2 Å². The highest BCUT2D eigenvalue weighted by Gasteiger charge is 2.20. The first-order valence-corrected chi connectivity index (χ1v) is 8.06. The molecule has 0 spiro atoms. The summed E-state index contributed by atoms with van der Waals surface area (Å²) in [6.07, 6.45) is 0. The predicted molar refractivity (Wildman–Crippen MR) is 79.6 cm³/mol. The Morgan fingerprint density at radius 1 is 1.35 bits per heavy atom. The minimum Gasteiger partial charge on any atom is -0.495 e. The van der Waals surface area contributed by atoms with Crippen molar-refractivity contribution in [3.8, 4) is 5.75 Å². The van der Waals surface area contributed by atoms with Crippen molar-refractivity contribution in [3.63, 3.8) is 0 Å². The van der Waals surface area contributed by atoms with Gasteiger partial charge in [-0.15, -0.1) is 0 Å². The molecule has 0 amide bonds. The first-order chi connectivity index (χ1) is 10.9. The van der Waals surface area contributed by atoms with Crippen LogP contribution in [0.5, 0.6) is 5.75 Å². The van der Waals surface area contributed by atoms with E-state index in [1.807, 2.05) is 0 Å². The van der Waals surface area contributed by atoms with Gasteiger partial charge in [0.15, 0.2) is 0 Å². The van der Waals surface area contributed by atoms with Gasteiger partial charge in [0, 0.05) is 6.07 Å². The van der Waals surface area contributed by atoms with Crippen LogP contribution in [0.1, 0.15) is 21.8 Å². The summed E-state index contributed by atoms with van der Waals surface area (Å²) >= 11 is 0. The van der Waals surface area contributed by atoms with Crippen molar-refractivity contribution in [2.45, 2.75) is 18.4 Å². The van der Waals surface area contributed by atoms with Crippen molar-refractivity contribution in [3.05, 3.63) is 41.3 Å². The van der Waals surface area contributed by atoms with Gasteiger partial charge in [-0.1, -0.05) is 5.16 Å². The standard InChI is InChI=1S/C14H16N2O6S/c1-9-6-11(16-22-9)8-21-14(17)10-4-5-12(20-3)13(7-10)23(18,19)15-2/h4-7,15H,8H2,1-3H3. The molecule has 2 aromatic rings. The van der Waals surface area contributed by atoms with Gasteiger partial charge in [-0.3, -0.25) is 0 Å². The topological polar surface area (TPSA) is 108 Å². The number of benzene rings is 1. The number of nitrogens with one attached hydrogen (secondary N) is 1. The summed E-state index contributed by atoms with van der Waals surface area (Å²) in [4.78, 5) is 11.9. The van der Waals surface area contributed by atoms with E-state index in [0.29, 0.717) is 11.5 Å². The highest BCUT2D eigenvalue weighted by Crippen LogP contribution is 2.25. The van der Waals surface area contributed by atoms with Crippen LogP contribution in [0.15, 0.2) is 33.7 Å². The number of hydrogen-bond acceptors (Lipinski definition) is 7. The van der Waals surface area contributed by atoms with Crippen LogP contribution in [0.4, 0.5) is 0 Å². The first-order valence-electron chi connectivity index (χ1n) is 6.58. The number of sulfonamides is 1. The van der Waals surface area contributed by atoms with Crippen LogP contribution in [-0.4, -0.2) is 33.7 Å². The molecule has 0 bridgehead atoms. The maximum absolute atomic E-state index is 12.1. The molecule has 0 saturated carbocycles. The Bertz CT molecular complexity index is 812. The Hall–Kier alpha value is -2.39. The molecule has 1 aromatic carbocycles. The third-order valence-corrected chi connectivity index (χ3v) is 4.42. The quantitative estimate of drug-likeness (QED) is 0.789. The number of aryl methyl sites for hydroxylation is 1. The molecule has 1 heterocycles. The average Bonchev–Trinajstić information content (AvgIpc) is 2.97. The number of aromatic nitrogens is 1. The summed E-state index contributed by atoms with van der Waals surface area (Å²) in [7, 11) is -1.16. The lowest BCUT2D eigenvalue weighted by atomic mass is 10.2. The van der Waals surface area contributed by atoms with E-state index in [-0.39, 0.29) is 22.8 Å². The SMILES string of the molecule is CNS(=O)(=O)c1cc(C(=O)OCc2cc(C)on2)ccc1OC. The molecule has 0 aliphatic rings. The van der Waals surface area contributed by atoms with Crippen molar-refractivity contribution < 1.29 is 27.2 Å². The second-order valence-electron chi connectivity index (χ2n) is 4.58. The molecule has 23 heavy (non-hydrogen) atoms. The highest BCUT2D eigenvalue weighted by atomic mass is 32.2. The molecule has 124 valence electrons. The third kappa shape index (κ3) is 3.88. The van der Waals surface area contributed by atoms with Crippen LogP contribution < -0.4 is 9.46 Å². The van der Waals surface area contributed by atoms with Crippen molar-refractivity contribution in [2.75, 3.05) is 14.2 Å². The van der Waals surface area contributed by atoms with E-state index in [0.717, 1.165) is 0 Å². The molecular formula is C14H16N2O6S. The number of carbonyl (C=O) groups is 1. The zero-order valence-corrected chi connectivity index (χ0v) is 13.6. The van der Waals surface area contributed by atoms with Crippen LogP contribution in [0.3, 0.4) is 0 Å². The van der Waals surface area contributed by atoms with Crippen LogP contribution in [-0.2, 0) is 21.4 Å². The highest BCUT2D eigenvalue weighted by molar-refractivity contribution is 7.89. The van der Waals surface area contributed by atoms with Gasteiger partial charge in [0.2, 0.25) is 10.0 Å². The molecule has 1 N–H and O–H groups in total. The summed E-state index contributed by atoms with van der Waals surface area (Å²) in [5, 5.41) is 3.70. The van der Waals surface area contributed by atoms with E-state index in [9.17, 15) is 13.2 Å². The first kappa shape index (κ1) is 17.0. The van der Waals surface area contributed by atoms with E-state index in [1.165, 1.54) is 32.4 Å². The summed E-state index contributed by atoms with van der Waals surface area (Å²) in [5.41, 5.74) is 0.548. The van der Waals surface area contributed by atoms with Crippen molar-refractivity contribution in [1.29, 1.82) is 0 Å². The second kappa shape index (κ2) is 6.80. The number of esters is 1. The summed E-state index contributed by atoms with van der Waals surface area (Å²) < 4.78 is 41.1. The number of ether oxygens (including phenoxy) is 2. The molecule has 1 aromatic heterocycles. The van der Waals surface area contributed by atoms with Crippen molar-refractivity contribution in [2.24, 2.45) is 0 Å². The summed E-state index contributed by atoms with van der Waals surface area (Å²) in [6, 6.07) is 5.64. The monoisotopic (exact) mass is 340 g/mol. The van der Waals surface area contributed by atoms with Crippen LogP contribution >= 0.6 is 0 Å². The summed E-state index contributed by atoms with van der Waals surface area (Å²) in [5.74, 6) is 0.0479. The van der Waals surface area contributed by atoms with Gasteiger partial charge < -0.3 is 14.0 Å². The molecule has 0 fully saturated rings. The van der Waals surface area contributed by atoms with Gasteiger partial charge in [-0.2, -0.15) is 0 Å². The molecule has 0 saturated heterocycles. The third-order valence-electron chi connectivity index (χ3n) is 2.99. The maximum atomic E-state index is 12.1. The van der Waals surface area contributed by atoms with Gasteiger partial charge in [-0.25, -0.2) is 17.9 Å². The van der Waals surface area contributed by atoms with E-state index in [4.69, 9.17) is 14.0 Å². The van der Waals surface area contributed by atoms with Gasteiger partial charge in [0.1, 0.15) is 28.7 Å². The number of nitrogens with zero attached hydrogens (tertiary/aromatic N) is 1. The van der Waals surface area contributed by atoms with E-state index in [2.05, 4.69) is 9.88 Å². The maximum Gasteiger partial charge on any atom is 0.338 e. The molecule has 2 rings (SSSR count). The molecule has 0 unspecified atom stereocenters. The molecule has 0 radical (unpaired) electrons. The zero-order chi connectivity index (χ0) is 17.0. The zero-order valence-electron chi connectivity index (χ0n) is 12.8. The fraction of sp³-hybridized carbons (Fsp3) is 0.286. The predicted octanol–water partition coefficient (Wildman–Crippen LogP) is 1.26. The fourth-order valence-corrected chi connectivity index (χ4v) is 2.75. The summed E-state index contributed by atoms with van der Waals surface area (Å²) in [6.45, 7) is 1.65. The lowest BCUT2D eigenvalue weighted by molar-refractivity contribution is 0.0464. The number of rotatable bonds is 6. The van der Waals surface area contributed by atoms with Crippen molar-refractivity contribution >= 4 is 16.0 Å². The van der Waals surface area contributed by atoms with Crippen LogP contribution in [0, 0.1) is 6.92 Å². The average molecular weight is 340 g/mol. The lowest BCUT2D eigenvalue weighted by Crippen LogP contribution is -2.20. The van der Waals surface area contributed by atoms with Crippen LogP contribution in [0.25, 0.3) is 0 Å². The van der Waals surface area contributed by atoms with E-state index in [1.54, 1.807) is 13.0 Å². The van der Waals surface area contributed by atoms with Crippen LogP contribution in [0.2, 0.25) is 0 Å². The normalized spacial score (nSPS) is 11.3. The number of methoxy groups -OCH3 is 1. The Labute approximate surface area is 133 Å². The van der Waals surface area contributed by atoms with Crippen molar-refractivity contribution in [1.82, 2.24) is 9.88 Å². The van der Waals surface area contributed by atoms with E-state index < -0.39 is 16.0 Å². The molecule has 0 aliphatic carbocycles. The van der Waals surface area contributed by atoms with Gasteiger partial charge in [0.05, 0.1) is 12.7 Å². The second-order valence-corrected chi connectivity index (χ2v) is 6.43. The Balaban J connectivity index is 2.22. The molecule has 0 aliphatic heterocycles. The Morgan fingerprint density at radius 3 is 2.65 bits per heavy atom. The Kier molecular flexibility index (Phi) is 5.02. The lowest BCUT2D eigenvalue weighted by Gasteiger charge is -2.10.